The van der Waals surface area contributed by atoms with Crippen LogP contribution in [0, 0.1) is 11.6 Å². The van der Waals surface area contributed by atoms with E-state index in [4.69, 9.17) is 0 Å². The first-order valence-electron chi connectivity index (χ1n) is 10.1. The third kappa shape index (κ3) is 4.86. The van der Waals surface area contributed by atoms with E-state index in [1.807, 2.05) is 0 Å². The van der Waals surface area contributed by atoms with Crippen LogP contribution in [0.5, 0.6) is 0 Å². The van der Waals surface area contributed by atoms with Crippen LogP contribution in [-0.2, 0) is 6.18 Å². The number of carbonyl (C=O) groups excluding carboxylic acids is 1. The molecule has 0 aliphatic carbocycles. The molecule has 2 aromatic heterocycles. The summed E-state index contributed by atoms with van der Waals surface area (Å²) in [7, 11) is 0. The Morgan fingerprint density at radius 2 is 1.74 bits per heavy atom. The number of nitrogens with zero attached hydrogens (tertiary/aromatic N) is 5. The molecule has 0 radical (unpaired) electrons. The molecule has 1 aliphatic rings. The number of halogens is 7. The van der Waals surface area contributed by atoms with Crippen molar-refractivity contribution in [2.45, 2.75) is 24.6 Å². The molecular weight excluding hydrogens is 485 g/mol. The van der Waals surface area contributed by atoms with E-state index in [1.165, 1.54) is 18.5 Å². The van der Waals surface area contributed by atoms with Gasteiger partial charge in [-0.05, 0) is 18.2 Å². The van der Waals surface area contributed by atoms with Gasteiger partial charge in [0.2, 0.25) is 5.95 Å². The molecule has 0 unspecified atom stereocenters. The zero-order valence-corrected chi connectivity index (χ0v) is 17.5. The minimum Gasteiger partial charge on any atom is -0.352 e. The fourth-order valence-corrected chi connectivity index (χ4v) is 3.61. The molecule has 0 bridgehead atoms. The Morgan fingerprint density at radius 3 is 2.37 bits per heavy atom. The molecule has 184 valence electrons. The van der Waals surface area contributed by atoms with Crippen LogP contribution in [0.25, 0.3) is 11.4 Å². The first kappa shape index (κ1) is 24.3. The van der Waals surface area contributed by atoms with Crippen LogP contribution in [0.3, 0.4) is 0 Å². The van der Waals surface area contributed by atoms with Crippen LogP contribution < -0.4 is 5.32 Å². The van der Waals surface area contributed by atoms with Gasteiger partial charge in [0.25, 0.3) is 11.8 Å². The maximum Gasteiger partial charge on any atom is 0.419 e. The summed E-state index contributed by atoms with van der Waals surface area (Å²) >= 11 is 0. The number of hydrogen-bond donors (Lipinski definition) is 1. The van der Waals surface area contributed by atoms with E-state index in [0.29, 0.717) is 18.5 Å². The van der Waals surface area contributed by atoms with Crippen LogP contribution in [0.2, 0.25) is 0 Å². The van der Waals surface area contributed by atoms with Gasteiger partial charge in [0.1, 0.15) is 6.04 Å². The number of nitrogens with one attached hydrogen (secondary N) is 1. The van der Waals surface area contributed by atoms with Crippen molar-refractivity contribution in [2.75, 3.05) is 18.4 Å². The Hall–Kier alpha value is -3.84. The van der Waals surface area contributed by atoms with Crippen LogP contribution >= 0.6 is 0 Å². The number of amides is 1. The van der Waals surface area contributed by atoms with E-state index in [0.717, 1.165) is 11.0 Å². The zero-order valence-electron chi connectivity index (χ0n) is 17.5. The average Bonchev–Trinajstić information content (AvgIpc) is 3.13. The minimum atomic E-state index is -4.68. The molecule has 1 aromatic carbocycles. The Balaban J connectivity index is 1.61. The van der Waals surface area contributed by atoms with Gasteiger partial charge in [-0.25, -0.2) is 37.5 Å². The predicted octanol–water partition coefficient (Wildman–Crippen LogP) is 4.19. The second-order valence-electron chi connectivity index (χ2n) is 7.56. The van der Waals surface area contributed by atoms with Crippen LogP contribution in [0.15, 0.2) is 43.0 Å². The first-order valence-corrected chi connectivity index (χ1v) is 10.1. The molecule has 3 aromatic rings. The number of carbonyl (C=O) groups is 1. The van der Waals surface area contributed by atoms with Crippen LogP contribution in [-0.4, -0.2) is 55.8 Å². The molecule has 1 atom stereocenters. The van der Waals surface area contributed by atoms with Crippen LogP contribution in [0.1, 0.15) is 22.3 Å². The zero-order chi connectivity index (χ0) is 25.4. The standard InChI is InChI=1S/C21H15F7N6O/c22-13-3-2-12(15(16(13)23)17-29-5-1-6-30-17)18(35)34-7-4-20(24,25)14(34)10-33-19-31-8-11(9-32-19)21(26,27)28/h1-3,5-6,8-9,14H,4,7,10H2,(H,31,32,33)/t14-/m1/s1. The lowest BCUT2D eigenvalue weighted by Crippen LogP contribution is -2.47. The molecule has 3 heterocycles. The maximum absolute atomic E-state index is 14.6. The molecule has 1 fully saturated rings. The van der Waals surface area contributed by atoms with Crippen LogP contribution in [0.4, 0.5) is 36.7 Å². The lowest BCUT2D eigenvalue weighted by molar-refractivity contribution is -0.138. The fraction of sp³-hybridized carbons (Fsp3) is 0.286. The van der Waals surface area contributed by atoms with Crippen molar-refractivity contribution in [1.29, 1.82) is 0 Å². The summed E-state index contributed by atoms with van der Waals surface area (Å²) in [6.07, 6.45) is -1.95. The van der Waals surface area contributed by atoms with Gasteiger partial charge in [0, 0.05) is 44.3 Å². The number of aromatic nitrogens is 4. The summed E-state index contributed by atoms with van der Waals surface area (Å²) in [6.45, 7) is -1.04. The second-order valence-corrected chi connectivity index (χ2v) is 7.56. The quantitative estimate of drug-likeness (QED) is 0.529. The highest BCUT2D eigenvalue weighted by Crippen LogP contribution is 2.37. The van der Waals surface area contributed by atoms with Gasteiger partial charge in [-0.15, -0.1) is 0 Å². The highest BCUT2D eigenvalue weighted by Gasteiger charge is 2.51. The average molecular weight is 500 g/mol. The van der Waals surface area contributed by atoms with Gasteiger partial charge in [0.05, 0.1) is 16.7 Å². The van der Waals surface area contributed by atoms with Crippen molar-refractivity contribution in [3.8, 4) is 11.4 Å². The summed E-state index contributed by atoms with van der Waals surface area (Å²) in [5, 5.41) is 2.40. The summed E-state index contributed by atoms with van der Waals surface area (Å²) in [5.41, 5.74) is -2.13. The number of anilines is 1. The van der Waals surface area contributed by atoms with Gasteiger partial charge in [-0.1, -0.05) is 0 Å². The van der Waals surface area contributed by atoms with Crippen molar-refractivity contribution >= 4 is 11.9 Å². The summed E-state index contributed by atoms with van der Waals surface area (Å²) in [5.74, 6) is -7.79. The highest BCUT2D eigenvalue weighted by atomic mass is 19.4. The van der Waals surface area contributed by atoms with Crippen molar-refractivity contribution in [3.63, 3.8) is 0 Å². The van der Waals surface area contributed by atoms with Crippen molar-refractivity contribution in [2.24, 2.45) is 0 Å². The Kier molecular flexibility index (Phi) is 6.30. The first-order chi connectivity index (χ1) is 16.5. The Bertz CT molecular complexity index is 1220. The van der Waals surface area contributed by atoms with Gasteiger partial charge < -0.3 is 10.2 Å². The SMILES string of the molecule is O=C(c1ccc(F)c(F)c1-c1ncccn1)N1CCC(F)(F)[C@H]1CNc1ncc(C(F)(F)F)cn1. The van der Waals surface area contributed by atoms with Gasteiger partial charge >= 0.3 is 6.18 Å². The molecule has 1 N–H and O–H groups in total. The molecule has 1 amide bonds. The lowest BCUT2D eigenvalue weighted by Gasteiger charge is -2.28. The van der Waals surface area contributed by atoms with E-state index in [1.54, 1.807) is 0 Å². The molecule has 7 nitrogen and oxygen atoms in total. The predicted molar refractivity (Wildman–Crippen MR) is 107 cm³/mol. The number of likely N-dealkylation sites (tertiary alicyclic amines) is 1. The fourth-order valence-electron chi connectivity index (χ4n) is 3.61. The molecule has 0 saturated carbocycles. The van der Waals surface area contributed by atoms with Crippen molar-refractivity contribution < 1.29 is 35.5 Å². The number of hydrogen-bond acceptors (Lipinski definition) is 6. The Labute approximate surface area is 193 Å². The molecule has 14 heteroatoms. The maximum atomic E-state index is 14.6. The number of benzene rings is 1. The Morgan fingerprint density at radius 1 is 1.09 bits per heavy atom. The van der Waals surface area contributed by atoms with Crippen molar-refractivity contribution in [3.05, 3.63) is 65.7 Å². The van der Waals surface area contributed by atoms with E-state index < -0.39 is 71.9 Å². The lowest BCUT2D eigenvalue weighted by atomic mass is 10.0. The third-order valence-corrected chi connectivity index (χ3v) is 5.36. The van der Waals surface area contributed by atoms with E-state index in [9.17, 15) is 35.5 Å². The molecule has 1 saturated heterocycles. The summed E-state index contributed by atoms with van der Waals surface area (Å²) in [4.78, 5) is 28.6. The van der Waals surface area contributed by atoms with Gasteiger partial charge in [-0.2, -0.15) is 13.2 Å². The summed E-state index contributed by atoms with van der Waals surface area (Å²) < 4.78 is 95.8. The molecule has 35 heavy (non-hydrogen) atoms. The number of rotatable bonds is 5. The van der Waals surface area contributed by atoms with E-state index in [-0.39, 0.29) is 11.8 Å². The van der Waals surface area contributed by atoms with E-state index in [2.05, 4.69) is 25.3 Å². The minimum absolute atomic E-state index is 0.313. The van der Waals surface area contributed by atoms with Crippen molar-refractivity contribution in [1.82, 2.24) is 24.8 Å². The third-order valence-electron chi connectivity index (χ3n) is 5.36. The molecular formula is C21H15F7N6O. The van der Waals surface area contributed by atoms with E-state index >= 15 is 0 Å². The van der Waals surface area contributed by atoms with Gasteiger partial charge in [-0.3, -0.25) is 4.79 Å². The van der Waals surface area contributed by atoms with Gasteiger partial charge in [0.15, 0.2) is 17.5 Å². The second kappa shape index (κ2) is 9.07. The molecule has 1 aliphatic heterocycles. The highest BCUT2D eigenvalue weighted by molar-refractivity contribution is 6.00. The smallest absolute Gasteiger partial charge is 0.352 e. The number of alkyl halides is 5. The molecule has 4 rings (SSSR count). The topological polar surface area (TPSA) is 83.9 Å². The molecule has 0 spiro atoms. The normalized spacial score (nSPS) is 17.5. The largest absolute Gasteiger partial charge is 0.419 e. The summed E-state index contributed by atoms with van der Waals surface area (Å²) in [6, 6.07) is 1.27. The monoisotopic (exact) mass is 500 g/mol.